The van der Waals surface area contributed by atoms with Crippen LogP contribution in [0.4, 0.5) is 15.8 Å². The lowest BCUT2D eigenvalue weighted by molar-refractivity contribution is -0.120. The van der Waals surface area contributed by atoms with Crippen molar-refractivity contribution in [3.05, 3.63) is 54.1 Å². The Morgan fingerprint density at radius 1 is 1.33 bits per heavy atom. The van der Waals surface area contributed by atoms with Gasteiger partial charge < -0.3 is 15.8 Å². The van der Waals surface area contributed by atoms with Gasteiger partial charge in [0.15, 0.2) is 0 Å². The van der Waals surface area contributed by atoms with Crippen LogP contribution in [0.2, 0.25) is 0 Å². The molecular formula is C15H16FN3O2. The zero-order valence-corrected chi connectivity index (χ0v) is 11.4. The van der Waals surface area contributed by atoms with E-state index in [0.717, 1.165) is 5.69 Å². The predicted molar refractivity (Wildman–Crippen MR) is 78.2 cm³/mol. The highest BCUT2D eigenvalue weighted by Crippen LogP contribution is 2.18. The molecule has 5 nitrogen and oxygen atoms in total. The maximum atomic E-state index is 13.0. The van der Waals surface area contributed by atoms with Crippen molar-refractivity contribution in [3.8, 4) is 0 Å². The largest absolute Gasteiger partial charge is 0.397 e. The molecule has 1 aromatic carbocycles. The second-order valence-electron chi connectivity index (χ2n) is 4.40. The van der Waals surface area contributed by atoms with Gasteiger partial charge in [-0.2, -0.15) is 0 Å². The molecule has 2 rings (SSSR count). The average Bonchev–Trinajstić information content (AvgIpc) is 2.48. The summed E-state index contributed by atoms with van der Waals surface area (Å²) in [5.74, 6) is -0.844. The van der Waals surface area contributed by atoms with E-state index in [1.54, 1.807) is 6.20 Å². The zero-order chi connectivity index (χ0) is 15.1. The van der Waals surface area contributed by atoms with Crippen molar-refractivity contribution in [2.24, 2.45) is 0 Å². The smallest absolute Gasteiger partial charge is 0.250 e. The van der Waals surface area contributed by atoms with Crippen LogP contribution >= 0.6 is 0 Å². The SMILES string of the molecule is Nc1ccc(F)cc1NC(=O)COCCc1ccccn1. The van der Waals surface area contributed by atoms with Gasteiger partial charge in [-0.25, -0.2) is 4.39 Å². The number of benzene rings is 1. The highest BCUT2D eigenvalue weighted by atomic mass is 19.1. The van der Waals surface area contributed by atoms with Crippen LogP contribution in [0, 0.1) is 5.82 Å². The van der Waals surface area contributed by atoms with Gasteiger partial charge in [-0.1, -0.05) is 6.07 Å². The number of rotatable bonds is 6. The summed E-state index contributed by atoms with van der Waals surface area (Å²) in [7, 11) is 0. The lowest BCUT2D eigenvalue weighted by Gasteiger charge is -2.08. The fourth-order valence-corrected chi connectivity index (χ4v) is 1.71. The van der Waals surface area contributed by atoms with Gasteiger partial charge in [0.2, 0.25) is 5.91 Å². The summed E-state index contributed by atoms with van der Waals surface area (Å²) in [6.45, 7) is 0.256. The third-order valence-electron chi connectivity index (χ3n) is 2.75. The van der Waals surface area contributed by atoms with Crippen LogP contribution in [0.5, 0.6) is 0 Å². The number of carbonyl (C=O) groups is 1. The molecule has 0 aliphatic rings. The molecule has 1 amide bonds. The van der Waals surface area contributed by atoms with E-state index >= 15 is 0 Å². The fraction of sp³-hybridized carbons (Fsp3) is 0.200. The number of hydrogen-bond donors (Lipinski definition) is 2. The number of amides is 1. The highest BCUT2D eigenvalue weighted by Gasteiger charge is 2.06. The van der Waals surface area contributed by atoms with Crippen LogP contribution in [0.25, 0.3) is 0 Å². The van der Waals surface area contributed by atoms with Crippen LogP contribution in [0.15, 0.2) is 42.6 Å². The Morgan fingerprint density at radius 3 is 2.95 bits per heavy atom. The first-order valence-electron chi connectivity index (χ1n) is 6.47. The first kappa shape index (κ1) is 14.9. The first-order chi connectivity index (χ1) is 10.1. The number of anilines is 2. The number of hydrogen-bond acceptors (Lipinski definition) is 4. The van der Waals surface area contributed by atoms with E-state index in [2.05, 4.69) is 10.3 Å². The molecule has 0 bridgehead atoms. The van der Waals surface area contributed by atoms with E-state index in [4.69, 9.17) is 10.5 Å². The van der Waals surface area contributed by atoms with Crippen molar-refractivity contribution in [1.82, 2.24) is 4.98 Å². The van der Waals surface area contributed by atoms with Crippen molar-refractivity contribution in [2.45, 2.75) is 6.42 Å². The molecule has 0 spiro atoms. The maximum Gasteiger partial charge on any atom is 0.250 e. The molecule has 0 aliphatic carbocycles. The van der Waals surface area contributed by atoms with Gasteiger partial charge in [0, 0.05) is 18.3 Å². The second kappa shape index (κ2) is 7.35. The van der Waals surface area contributed by atoms with E-state index in [1.165, 1.54) is 18.2 Å². The highest BCUT2D eigenvalue weighted by molar-refractivity contribution is 5.94. The minimum atomic E-state index is -0.462. The molecular weight excluding hydrogens is 273 g/mol. The molecule has 6 heteroatoms. The lowest BCUT2D eigenvalue weighted by atomic mass is 10.2. The van der Waals surface area contributed by atoms with Gasteiger partial charge in [-0.3, -0.25) is 9.78 Å². The van der Waals surface area contributed by atoms with E-state index < -0.39 is 5.82 Å². The average molecular weight is 289 g/mol. The van der Waals surface area contributed by atoms with Crippen molar-refractivity contribution in [1.29, 1.82) is 0 Å². The lowest BCUT2D eigenvalue weighted by Crippen LogP contribution is -2.20. The van der Waals surface area contributed by atoms with Crippen LogP contribution in [0.1, 0.15) is 5.69 Å². The number of pyridine rings is 1. The number of carbonyl (C=O) groups excluding carboxylic acids is 1. The minimum Gasteiger partial charge on any atom is -0.397 e. The number of halogens is 1. The van der Waals surface area contributed by atoms with Crippen molar-refractivity contribution in [3.63, 3.8) is 0 Å². The van der Waals surface area contributed by atoms with Crippen molar-refractivity contribution in [2.75, 3.05) is 24.3 Å². The molecule has 0 atom stereocenters. The molecule has 1 heterocycles. The molecule has 110 valence electrons. The molecule has 0 unspecified atom stereocenters. The van der Waals surface area contributed by atoms with Gasteiger partial charge >= 0.3 is 0 Å². The summed E-state index contributed by atoms with van der Waals surface area (Å²) in [4.78, 5) is 15.8. The van der Waals surface area contributed by atoms with Gasteiger partial charge in [0.05, 0.1) is 18.0 Å². The Labute approximate surface area is 121 Å². The topological polar surface area (TPSA) is 77.2 Å². The Hall–Kier alpha value is -2.47. The Bertz CT molecular complexity index is 605. The molecule has 2 aromatic rings. The van der Waals surface area contributed by atoms with Gasteiger partial charge in [-0.15, -0.1) is 0 Å². The predicted octanol–water partition coefficient (Wildman–Crippen LogP) is 2.00. The monoisotopic (exact) mass is 289 g/mol. The van der Waals surface area contributed by atoms with Gasteiger partial charge in [0.1, 0.15) is 12.4 Å². The van der Waals surface area contributed by atoms with E-state index in [9.17, 15) is 9.18 Å². The Balaban J connectivity index is 1.74. The van der Waals surface area contributed by atoms with Gasteiger partial charge in [-0.05, 0) is 30.3 Å². The van der Waals surface area contributed by atoms with Crippen molar-refractivity contribution >= 4 is 17.3 Å². The number of nitrogens with zero attached hydrogens (tertiary/aromatic N) is 1. The number of nitrogen functional groups attached to an aromatic ring is 1. The normalized spacial score (nSPS) is 10.3. The first-order valence-corrected chi connectivity index (χ1v) is 6.47. The summed E-state index contributed by atoms with van der Waals surface area (Å²) >= 11 is 0. The molecule has 3 N–H and O–H groups in total. The Morgan fingerprint density at radius 2 is 2.19 bits per heavy atom. The summed E-state index contributed by atoms with van der Waals surface area (Å²) in [5, 5.41) is 2.51. The maximum absolute atomic E-state index is 13.0. The zero-order valence-electron chi connectivity index (χ0n) is 11.4. The van der Waals surface area contributed by atoms with Crippen molar-refractivity contribution < 1.29 is 13.9 Å². The third-order valence-corrected chi connectivity index (χ3v) is 2.75. The Kier molecular flexibility index (Phi) is 5.22. The molecule has 0 aliphatic heterocycles. The van der Waals surface area contributed by atoms with Crippen LogP contribution in [0.3, 0.4) is 0 Å². The minimum absolute atomic E-state index is 0.122. The summed E-state index contributed by atoms with van der Waals surface area (Å²) in [6.07, 6.45) is 2.32. The standard InChI is InChI=1S/C15H16FN3O2/c16-11-4-5-13(17)14(9-11)19-15(20)10-21-8-6-12-3-1-2-7-18-12/h1-5,7,9H,6,8,10,17H2,(H,19,20). The molecule has 0 saturated heterocycles. The van der Waals surface area contributed by atoms with Crippen LogP contribution in [-0.2, 0) is 16.0 Å². The molecule has 21 heavy (non-hydrogen) atoms. The molecule has 0 saturated carbocycles. The molecule has 0 fully saturated rings. The van der Waals surface area contributed by atoms with E-state index in [-0.39, 0.29) is 18.2 Å². The number of ether oxygens (including phenoxy) is 1. The fourth-order valence-electron chi connectivity index (χ4n) is 1.71. The molecule has 1 aromatic heterocycles. The quantitative estimate of drug-likeness (QED) is 0.630. The van der Waals surface area contributed by atoms with Crippen LogP contribution in [-0.4, -0.2) is 24.1 Å². The third kappa shape index (κ3) is 4.85. The molecule has 0 radical (unpaired) electrons. The summed E-state index contributed by atoms with van der Waals surface area (Å²) < 4.78 is 18.3. The number of nitrogens with two attached hydrogens (primary N) is 1. The van der Waals surface area contributed by atoms with E-state index in [1.807, 2.05) is 18.2 Å². The summed E-state index contributed by atoms with van der Waals surface area (Å²) in [6, 6.07) is 9.40. The number of nitrogens with one attached hydrogen (secondary N) is 1. The second-order valence-corrected chi connectivity index (χ2v) is 4.40. The van der Waals surface area contributed by atoms with Gasteiger partial charge in [0.25, 0.3) is 0 Å². The number of aromatic nitrogens is 1. The van der Waals surface area contributed by atoms with E-state index in [0.29, 0.717) is 18.7 Å². The summed E-state index contributed by atoms with van der Waals surface area (Å²) in [5.41, 5.74) is 7.08. The van der Waals surface area contributed by atoms with Crippen LogP contribution < -0.4 is 11.1 Å².